The van der Waals surface area contributed by atoms with Crippen LogP contribution in [-0.2, 0) is 11.4 Å². The van der Waals surface area contributed by atoms with Gasteiger partial charge in [0.1, 0.15) is 12.3 Å². The summed E-state index contributed by atoms with van der Waals surface area (Å²) in [6, 6.07) is 2.65. The summed E-state index contributed by atoms with van der Waals surface area (Å²) in [4.78, 5) is 27.8. The molecule has 0 saturated heterocycles. The lowest BCUT2D eigenvalue weighted by Gasteiger charge is -1.98. The Morgan fingerprint density at radius 2 is 2.36 bits per heavy atom. The molecular weight excluding hydrogens is 192 g/mol. The first-order chi connectivity index (χ1) is 6.59. The molecule has 0 atom stereocenters. The maximum absolute atomic E-state index is 10.4. The van der Waals surface area contributed by atoms with E-state index in [1.54, 1.807) is 0 Å². The highest BCUT2D eigenvalue weighted by Crippen LogP contribution is 2.01. The molecule has 0 radical (unpaired) electrons. The molecule has 0 fully saturated rings. The molecule has 0 spiro atoms. The molecule has 1 rings (SSSR count). The Kier molecular flexibility index (Phi) is 2.95. The Morgan fingerprint density at radius 1 is 1.64 bits per heavy atom. The Balaban J connectivity index is 2.64. The second kappa shape index (κ2) is 4.17. The fourth-order valence-corrected chi connectivity index (χ4v) is 0.764. The van der Waals surface area contributed by atoms with Crippen molar-refractivity contribution >= 4 is 5.97 Å². The van der Waals surface area contributed by atoms with Crippen molar-refractivity contribution in [1.29, 1.82) is 0 Å². The van der Waals surface area contributed by atoms with Crippen LogP contribution in [0.5, 0.6) is 0 Å². The number of carboxylic acids is 1. The molecule has 1 aromatic heterocycles. The summed E-state index contributed by atoms with van der Waals surface area (Å²) in [7, 11) is 0. The van der Waals surface area contributed by atoms with Crippen molar-refractivity contribution in [3.63, 3.8) is 0 Å². The number of hydrogen-bond donors (Lipinski definition) is 1. The van der Waals surface area contributed by atoms with Gasteiger partial charge in [-0.1, -0.05) is 6.07 Å². The van der Waals surface area contributed by atoms with Gasteiger partial charge in [-0.3, -0.25) is 0 Å². The van der Waals surface area contributed by atoms with Gasteiger partial charge < -0.3 is 9.94 Å². The van der Waals surface area contributed by atoms with Crippen molar-refractivity contribution in [2.24, 2.45) is 0 Å². The largest absolute Gasteiger partial charge is 0.477 e. The van der Waals surface area contributed by atoms with Crippen molar-refractivity contribution < 1.29 is 19.8 Å². The van der Waals surface area contributed by atoms with Gasteiger partial charge in [0.25, 0.3) is 5.09 Å². The second-order valence-corrected chi connectivity index (χ2v) is 2.35. The summed E-state index contributed by atoms with van der Waals surface area (Å²) in [5, 5.41) is 17.4. The average Bonchev–Trinajstić information content (AvgIpc) is 2.15. The predicted octanol–water partition coefficient (Wildman–Crippen LogP) is 0.488. The van der Waals surface area contributed by atoms with Crippen LogP contribution in [0.2, 0.25) is 0 Å². The summed E-state index contributed by atoms with van der Waals surface area (Å²) in [5.74, 6) is -1.15. The summed E-state index contributed by atoms with van der Waals surface area (Å²) in [5.41, 5.74) is 0.321. The van der Waals surface area contributed by atoms with Crippen molar-refractivity contribution in [2.45, 2.75) is 6.61 Å². The van der Waals surface area contributed by atoms with Crippen molar-refractivity contribution in [2.75, 3.05) is 0 Å². The zero-order valence-electron chi connectivity index (χ0n) is 6.91. The van der Waals surface area contributed by atoms with E-state index >= 15 is 0 Å². The Morgan fingerprint density at radius 3 is 2.79 bits per heavy atom. The van der Waals surface area contributed by atoms with Crippen LogP contribution in [0.3, 0.4) is 0 Å². The molecule has 74 valence electrons. The quantitative estimate of drug-likeness (QED) is 0.557. The number of aromatic nitrogens is 1. The van der Waals surface area contributed by atoms with Crippen LogP contribution in [0, 0.1) is 10.1 Å². The van der Waals surface area contributed by atoms with Gasteiger partial charge in [0.2, 0.25) is 0 Å². The first-order valence-electron chi connectivity index (χ1n) is 3.55. The number of carboxylic acid groups (broad SMARTS) is 1. The zero-order valence-corrected chi connectivity index (χ0v) is 6.91. The number of hydrogen-bond acceptors (Lipinski definition) is 5. The van der Waals surface area contributed by atoms with Gasteiger partial charge in [-0.15, -0.1) is 10.1 Å². The summed E-state index contributed by atoms with van der Waals surface area (Å²) >= 11 is 0. The molecule has 7 nitrogen and oxygen atoms in total. The summed E-state index contributed by atoms with van der Waals surface area (Å²) < 4.78 is 0. The topological polar surface area (TPSA) is 103 Å². The third-order valence-electron chi connectivity index (χ3n) is 1.38. The highest BCUT2D eigenvalue weighted by Gasteiger charge is 2.04. The number of nitrogens with zero attached hydrogens (tertiary/aromatic N) is 2. The van der Waals surface area contributed by atoms with Crippen LogP contribution in [0.1, 0.15) is 16.1 Å². The van der Waals surface area contributed by atoms with Crippen LogP contribution in [-0.4, -0.2) is 21.1 Å². The maximum Gasteiger partial charge on any atom is 0.354 e. The maximum atomic E-state index is 10.4. The van der Waals surface area contributed by atoms with E-state index in [1.807, 2.05) is 0 Å². The lowest BCUT2D eigenvalue weighted by atomic mass is 10.2. The SMILES string of the molecule is O=C(O)c1ccc(CO[N+](=O)[O-])cn1. The van der Waals surface area contributed by atoms with E-state index < -0.39 is 11.1 Å². The van der Waals surface area contributed by atoms with Crippen molar-refractivity contribution in [3.05, 3.63) is 39.7 Å². The predicted molar refractivity (Wildman–Crippen MR) is 43.0 cm³/mol. The van der Waals surface area contributed by atoms with Gasteiger partial charge in [0, 0.05) is 6.20 Å². The summed E-state index contributed by atoms with van der Waals surface area (Å²) in [6.45, 7) is -0.236. The van der Waals surface area contributed by atoms with E-state index in [9.17, 15) is 14.9 Å². The summed E-state index contributed by atoms with van der Waals surface area (Å²) in [6.07, 6.45) is 1.22. The lowest BCUT2D eigenvalue weighted by Crippen LogP contribution is -2.03. The van der Waals surface area contributed by atoms with Crippen LogP contribution < -0.4 is 0 Å². The van der Waals surface area contributed by atoms with Gasteiger partial charge in [-0.05, 0) is 11.6 Å². The highest BCUT2D eigenvalue weighted by atomic mass is 16.9. The van der Waals surface area contributed by atoms with E-state index in [4.69, 9.17) is 5.11 Å². The van der Waals surface area contributed by atoms with Gasteiger partial charge in [0.15, 0.2) is 0 Å². The third-order valence-corrected chi connectivity index (χ3v) is 1.38. The van der Waals surface area contributed by atoms with Crippen molar-refractivity contribution in [1.82, 2.24) is 4.98 Å². The van der Waals surface area contributed by atoms with Crippen LogP contribution in [0.4, 0.5) is 0 Å². The van der Waals surface area contributed by atoms with Gasteiger partial charge in [-0.25, -0.2) is 9.78 Å². The molecular formula is C7H6N2O5. The number of carbonyl (C=O) groups is 1. The Hall–Kier alpha value is -2.18. The Bertz CT molecular complexity index is 348. The molecule has 14 heavy (non-hydrogen) atoms. The van der Waals surface area contributed by atoms with Gasteiger partial charge in [0.05, 0.1) is 0 Å². The number of aromatic carboxylic acids is 1. The molecule has 0 aliphatic rings. The van der Waals surface area contributed by atoms with Crippen LogP contribution in [0.25, 0.3) is 0 Å². The molecule has 0 unspecified atom stereocenters. The second-order valence-electron chi connectivity index (χ2n) is 2.35. The van der Waals surface area contributed by atoms with Gasteiger partial charge >= 0.3 is 5.97 Å². The number of pyridine rings is 1. The lowest BCUT2D eigenvalue weighted by molar-refractivity contribution is -0.763. The van der Waals surface area contributed by atoms with Crippen LogP contribution in [0.15, 0.2) is 18.3 Å². The fraction of sp³-hybridized carbons (Fsp3) is 0.143. The molecule has 1 aromatic rings. The zero-order chi connectivity index (χ0) is 10.6. The van der Waals surface area contributed by atoms with Crippen molar-refractivity contribution in [3.8, 4) is 0 Å². The first kappa shape index (κ1) is 9.90. The fourth-order valence-electron chi connectivity index (χ4n) is 0.764. The normalized spacial score (nSPS) is 9.43. The molecule has 0 aliphatic heterocycles. The van der Waals surface area contributed by atoms with E-state index in [-0.39, 0.29) is 12.3 Å². The minimum atomic E-state index is -1.15. The Labute approximate surface area is 78.1 Å². The molecule has 1 heterocycles. The molecule has 0 amide bonds. The van der Waals surface area contributed by atoms with Crippen LogP contribution >= 0.6 is 0 Å². The van der Waals surface area contributed by atoms with Gasteiger partial charge in [-0.2, -0.15) is 0 Å². The van der Waals surface area contributed by atoms with E-state index in [1.165, 1.54) is 18.3 Å². The van der Waals surface area contributed by atoms with E-state index in [0.29, 0.717) is 5.56 Å². The smallest absolute Gasteiger partial charge is 0.354 e. The molecule has 1 N–H and O–H groups in total. The molecule has 0 aromatic carbocycles. The number of rotatable bonds is 4. The molecule has 0 saturated carbocycles. The van der Waals surface area contributed by atoms with E-state index in [2.05, 4.69) is 9.82 Å². The minimum absolute atomic E-state index is 0.116. The first-order valence-corrected chi connectivity index (χ1v) is 3.55. The molecule has 0 bridgehead atoms. The standard InChI is InChI=1S/C7H6N2O5/c10-7(11)6-2-1-5(3-8-6)4-14-9(12)13/h1-3H,4H2,(H,10,11). The highest BCUT2D eigenvalue weighted by molar-refractivity contribution is 5.85. The molecule has 0 aliphatic carbocycles. The average molecular weight is 198 g/mol. The van der Waals surface area contributed by atoms with E-state index in [0.717, 1.165) is 0 Å². The molecule has 7 heteroatoms. The monoisotopic (exact) mass is 198 g/mol. The minimum Gasteiger partial charge on any atom is -0.477 e. The third kappa shape index (κ3) is 2.70.